The zero-order chi connectivity index (χ0) is 13.9. The van der Waals surface area contributed by atoms with Gasteiger partial charge in [-0.05, 0) is 42.1 Å². The molecule has 1 heterocycles. The summed E-state index contributed by atoms with van der Waals surface area (Å²) in [4.78, 5) is 16.2. The second-order valence-corrected chi connectivity index (χ2v) is 5.37. The van der Waals surface area contributed by atoms with Crippen LogP contribution < -0.4 is 11.3 Å². The quantitative estimate of drug-likeness (QED) is 0.864. The molecule has 0 amide bonds. The van der Waals surface area contributed by atoms with Gasteiger partial charge in [0.1, 0.15) is 5.82 Å². The molecule has 1 aromatic rings. The number of anilines is 1. The van der Waals surface area contributed by atoms with Crippen LogP contribution in [0.5, 0.6) is 0 Å². The second-order valence-electron chi connectivity index (χ2n) is 3.64. The predicted molar refractivity (Wildman–Crippen MR) is 83.4 cm³/mol. The number of pyridine rings is 1. The maximum Gasteiger partial charge on any atom is 0.266 e. The van der Waals surface area contributed by atoms with E-state index in [1.165, 1.54) is 16.3 Å². The maximum atomic E-state index is 11.8. The van der Waals surface area contributed by atoms with Crippen LogP contribution in [0.3, 0.4) is 0 Å². The van der Waals surface area contributed by atoms with Gasteiger partial charge in [-0.2, -0.15) is 0 Å². The number of rotatable bonds is 4. The van der Waals surface area contributed by atoms with Crippen molar-refractivity contribution < 1.29 is 0 Å². The fourth-order valence-electron chi connectivity index (χ4n) is 1.54. The lowest BCUT2D eigenvalue weighted by Crippen LogP contribution is -2.25. The average molecular weight is 330 g/mol. The van der Waals surface area contributed by atoms with Gasteiger partial charge in [-0.1, -0.05) is 6.58 Å². The van der Waals surface area contributed by atoms with Crippen molar-refractivity contribution in [3.63, 3.8) is 0 Å². The van der Waals surface area contributed by atoms with Crippen molar-refractivity contribution in [3.05, 3.63) is 38.1 Å². The fraction of sp³-hybridized carbons (Fsp3) is 0.333. The lowest BCUT2D eigenvalue weighted by Gasteiger charge is -2.13. The van der Waals surface area contributed by atoms with Gasteiger partial charge < -0.3 is 5.73 Å². The molecule has 0 saturated carbocycles. The largest absolute Gasteiger partial charge is 0.384 e. The number of nitrogens with two attached hydrogens (primary N) is 1. The number of aliphatic imine (C=N–C) groups is 1. The van der Waals surface area contributed by atoms with Gasteiger partial charge in [0.2, 0.25) is 0 Å². The van der Waals surface area contributed by atoms with E-state index in [0.717, 1.165) is 11.3 Å². The van der Waals surface area contributed by atoms with Crippen molar-refractivity contribution in [1.82, 2.24) is 4.57 Å². The number of hydrogen-bond acceptors (Lipinski definition) is 4. The Morgan fingerprint density at radius 3 is 2.78 bits per heavy atom. The molecule has 0 aliphatic rings. The molecule has 18 heavy (non-hydrogen) atoms. The first-order valence-electron chi connectivity index (χ1n) is 5.39. The van der Waals surface area contributed by atoms with Gasteiger partial charge in [0.05, 0.1) is 9.50 Å². The molecule has 0 unspecified atom stereocenters. The number of halogens is 1. The Bertz CT molecular complexity index is 563. The van der Waals surface area contributed by atoms with Crippen LogP contribution in [0.4, 0.5) is 5.82 Å². The van der Waals surface area contributed by atoms with Crippen LogP contribution in [0.1, 0.15) is 19.4 Å². The first-order valence-corrected chi connectivity index (χ1v) is 7.41. The highest BCUT2D eigenvalue weighted by Crippen LogP contribution is 2.18. The van der Waals surface area contributed by atoms with Gasteiger partial charge in [-0.25, -0.2) is 4.99 Å². The zero-order valence-electron chi connectivity index (χ0n) is 10.7. The molecule has 98 valence electrons. The molecular weight excluding hydrogens is 314 g/mol. The van der Waals surface area contributed by atoms with Crippen LogP contribution in [0.2, 0.25) is 0 Å². The van der Waals surface area contributed by atoms with E-state index < -0.39 is 0 Å². The van der Waals surface area contributed by atoms with Gasteiger partial charge in [-0.15, -0.1) is 11.8 Å². The first-order chi connectivity index (χ1) is 8.42. The second kappa shape index (κ2) is 6.24. The van der Waals surface area contributed by atoms with Crippen molar-refractivity contribution in [2.24, 2.45) is 4.99 Å². The van der Waals surface area contributed by atoms with Gasteiger partial charge in [0.15, 0.2) is 0 Å². The summed E-state index contributed by atoms with van der Waals surface area (Å²) in [5.41, 5.74) is 7.37. The number of thioether (sulfide) groups is 1. The van der Waals surface area contributed by atoms with Crippen LogP contribution >= 0.6 is 27.7 Å². The third kappa shape index (κ3) is 3.05. The van der Waals surface area contributed by atoms with E-state index >= 15 is 0 Å². The molecule has 0 aromatic carbocycles. The molecule has 0 saturated heterocycles. The summed E-state index contributed by atoms with van der Waals surface area (Å²) < 4.78 is 2.00. The summed E-state index contributed by atoms with van der Waals surface area (Å²) in [6.45, 7) is 8.05. The third-order valence-electron chi connectivity index (χ3n) is 2.52. The maximum absolute atomic E-state index is 11.8. The van der Waals surface area contributed by atoms with Crippen molar-refractivity contribution in [3.8, 4) is 0 Å². The molecule has 1 aromatic heterocycles. The summed E-state index contributed by atoms with van der Waals surface area (Å²) in [5, 5.41) is 0.706. The Balaban J connectivity index is 3.43. The van der Waals surface area contributed by atoms with Gasteiger partial charge in [0, 0.05) is 17.8 Å². The molecular formula is C12H16BrN3OS. The Kier molecular flexibility index (Phi) is 5.22. The topological polar surface area (TPSA) is 60.4 Å². The fourth-order valence-corrected chi connectivity index (χ4v) is 2.21. The van der Waals surface area contributed by atoms with Crippen molar-refractivity contribution >= 4 is 39.2 Å². The standard InChI is InChI=1S/C12H16BrN3OS/c1-5-16-11(14)9(6-10(13)12(16)17)7(2)15-8(3)18-4/h6H,3,5,14H2,1-2,4H3. The smallest absolute Gasteiger partial charge is 0.266 e. The van der Waals surface area contributed by atoms with E-state index in [1.54, 1.807) is 6.07 Å². The van der Waals surface area contributed by atoms with E-state index in [-0.39, 0.29) is 5.56 Å². The molecule has 0 aliphatic heterocycles. The molecule has 6 heteroatoms. The third-order valence-corrected chi connectivity index (χ3v) is 3.65. The molecule has 1 rings (SSSR count). The van der Waals surface area contributed by atoms with Gasteiger partial charge >= 0.3 is 0 Å². The molecule has 0 fully saturated rings. The number of nitrogens with zero attached hydrogens (tertiary/aromatic N) is 2. The predicted octanol–water partition coefficient (Wildman–Crippen LogP) is 2.86. The first kappa shape index (κ1) is 15.0. The van der Waals surface area contributed by atoms with E-state index in [9.17, 15) is 4.79 Å². The highest BCUT2D eigenvalue weighted by molar-refractivity contribution is 9.10. The van der Waals surface area contributed by atoms with Crippen LogP contribution in [0.25, 0.3) is 0 Å². The van der Waals surface area contributed by atoms with Crippen molar-refractivity contribution in [2.45, 2.75) is 20.4 Å². The van der Waals surface area contributed by atoms with Gasteiger partial charge in [-0.3, -0.25) is 9.36 Å². The molecule has 2 N–H and O–H groups in total. The SMILES string of the molecule is C=C(N=C(C)c1cc(Br)c(=O)n(CC)c1N)SC. The number of aromatic nitrogens is 1. The molecule has 0 spiro atoms. The molecule has 0 bridgehead atoms. The number of hydrogen-bond donors (Lipinski definition) is 1. The Hall–Kier alpha value is -1.01. The van der Waals surface area contributed by atoms with E-state index in [4.69, 9.17) is 5.73 Å². The van der Waals surface area contributed by atoms with Crippen LogP contribution in [0, 0.1) is 0 Å². The van der Waals surface area contributed by atoms with Crippen LogP contribution in [-0.4, -0.2) is 16.5 Å². The van der Waals surface area contributed by atoms with Gasteiger partial charge in [0.25, 0.3) is 5.56 Å². The Labute approximate surface area is 119 Å². The molecule has 4 nitrogen and oxygen atoms in total. The molecule has 0 atom stereocenters. The molecule has 0 radical (unpaired) electrons. The minimum absolute atomic E-state index is 0.129. The highest BCUT2D eigenvalue weighted by atomic mass is 79.9. The van der Waals surface area contributed by atoms with Crippen LogP contribution in [-0.2, 0) is 6.54 Å². The summed E-state index contributed by atoms with van der Waals surface area (Å²) in [6.07, 6.45) is 1.91. The summed E-state index contributed by atoms with van der Waals surface area (Å²) in [7, 11) is 0. The minimum Gasteiger partial charge on any atom is -0.384 e. The van der Waals surface area contributed by atoms with Crippen LogP contribution in [0.15, 0.2) is 31.9 Å². The summed E-state index contributed by atoms with van der Waals surface area (Å²) >= 11 is 4.72. The summed E-state index contributed by atoms with van der Waals surface area (Å²) in [6, 6.07) is 1.70. The molecule has 0 aliphatic carbocycles. The Morgan fingerprint density at radius 2 is 2.28 bits per heavy atom. The highest BCUT2D eigenvalue weighted by Gasteiger charge is 2.12. The van der Waals surface area contributed by atoms with Crippen molar-refractivity contribution in [1.29, 1.82) is 0 Å². The number of nitrogen functional groups attached to an aromatic ring is 1. The normalized spacial score (nSPS) is 11.7. The van der Waals surface area contributed by atoms with Crippen molar-refractivity contribution in [2.75, 3.05) is 12.0 Å². The lowest BCUT2D eigenvalue weighted by atomic mass is 10.1. The van der Waals surface area contributed by atoms with E-state index in [1.807, 2.05) is 20.1 Å². The minimum atomic E-state index is -0.129. The average Bonchev–Trinajstić information content (AvgIpc) is 2.34. The Morgan fingerprint density at radius 1 is 1.67 bits per heavy atom. The van der Waals surface area contributed by atoms with E-state index in [0.29, 0.717) is 21.9 Å². The monoisotopic (exact) mass is 329 g/mol. The van der Waals surface area contributed by atoms with E-state index in [2.05, 4.69) is 27.5 Å². The lowest BCUT2D eigenvalue weighted by molar-refractivity contribution is 0.734. The zero-order valence-corrected chi connectivity index (χ0v) is 13.1. The summed E-state index contributed by atoms with van der Waals surface area (Å²) in [5.74, 6) is 0.431.